The van der Waals surface area contributed by atoms with Crippen LogP contribution in [0.1, 0.15) is 30.1 Å². The predicted octanol–water partition coefficient (Wildman–Crippen LogP) is 2.69. The van der Waals surface area contributed by atoms with Crippen molar-refractivity contribution in [1.82, 2.24) is 5.01 Å². The van der Waals surface area contributed by atoms with Crippen LogP contribution in [0.4, 0.5) is 17.6 Å². The van der Waals surface area contributed by atoms with Crippen molar-refractivity contribution in [3.63, 3.8) is 0 Å². The van der Waals surface area contributed by atoms with Gasteiger partial charge in [0, 0.05) is 17.7 Å². The molecule has 8 heteroatoms. The van der Waals surface area contributed by atoms with Crippen LogP contribution < -0.4 is 0 Å². The van der Waals surface area contributed by atoms with Gasteiger partial charge < -0.3 is 5.11 Å². The lowest BCUT2D eigenvalue weighted by Crippen LogP contribution is -2.56. The Bertz CT molecular complexity index is 600. The van der Waals surface area contributed by atoms with Crippen LogP contribution in [0.25, 0.3) is 0 Å². The third-order valence-corrected chi connectivity index (χ3v) is 3.17. The minimum absolute atomic E-state index is 0.0133. The van der Waals surface area contributed by atoms with Crippen LogP contribution in [0, 0.1) is 5.82 Å². The molecule has 0 radical (unpaired) electrons. The Morgan fingerprint density at radius 2 is 2.14 bits per heavy atom. The van der Waals surface area contributed by atoms with Crippen molar-refractivity contribution in [2.75, 3.05) is 0 Å². The van der Waals surface area contributed by atoms with E-state index < -0.39 is 30.0 Å². The second-order valence-electron chi connectivity index (χ2n) is 4.64. The van der Waals surface area contributed by atoms with Crippen LogP contribution in [-0.4, -0.2) is 33.6 Å². The number of amides is 1. The molecule has 1 aliphatic heterocycles. The molecule has 1 N–H and O–H groups in total. The number of nitrogens with zero attached hydrogens (tertiary/aromatic N) is 2. The first kappa shape index (κ1) is 15.4. The number of halogens is 4. The van der Waals surface area contributed by atoms with Crippen LogP contribution in [0.3, 0.4) is 0 Å². The van der Waals surface area contributed by atoms with Gasteiger partial charge in [0.1, 0.15) is 5.82 Å². The summed E-state index contributed by atoms with van der Waals surface area (Å²) in [6, 6.07) is 4.19. The lowest BCUT2D eigenvalue weighted by Gasteiger charge is -2.32. The lowest BCUT2D eigenvalue weighted by molar-refractivity contribution is -0.297. The zero-order valence-corrected chi connectivity index (χ0v) is 11.0. The first-order valence-electron chi connectivity index (χ1n) is 6.14. The molecule has 1 aromatic carbocycles. The normalized spacial score (nSPS) is 22.4. The standard InChI is InChI=1S/C13H12F4N2O2/c1-2-10-7-12(21,13(15,16)17)19(18-10)11(20)8-4-3-5-9(14)6-8/h3-6,21H,2,7H2,1H3. The molecular formula is C13H12F4N2O2. The highest BCUT2D eigenvalue weighted by molar-refractivity contribution is 5.98. The topological polar surface area (TPSA) is 52.9 Å². The molecule has 1 heterocycles. The van der Waals surface area contributed by atoms with Gasteiger partial charge in [0.2, 0.25) is 0 Å². The Morgan fingerprint density at radius 3 is 2.67 bits per heavy atom. The summed E-state index contributed by atoms with van der Waals surface area (Å²) in [4.78, 5) is 12.1. The average molecular weight is 304 g/mol. The van der Waals surface area contributed by atoms with Gasteiger partial charge in [-0.3, -0.25) is 4.79 Å². The van der Waals surface area contributed by atoms with E-state index in [4.69, 9.17) is 0 Å². The molecule has 0 saturated heterocycles. The highest BCUT2D eigenvalue weighted by Crippen LogP contribution is 2.41. The maximum absolute atomic E-state index is 13.1. The summed E-state index contributed by atoms with van der Waals surface area (Å²) in [5, 5.41) is 13.4. The SMILES string of the molecule is CCC1=NN(C(=O)c2cccc(F)c2)C(O)(C(F)(F)F)C1. The van der Waals surface area contributed by atoms with Gasteiger partial charge in [-0.25, -0.2) is 4.39 Å². The molecule has 0 bridgehead atoms. The lowest BCUT2D eigenvalue weighted by atomic mass is 10.0. The van der Waals surface area contributed by atoms with Crippen LogP contribution >= 0.6 is 0 Å². The van der Waals surface area contributed by atoms with Crippen molar-refractivity contribution >= 4 is 11.6 Å². The maximum Gasteiger partial charge on any atom is 0.438 e. The van der Waals surface area contributed by atoms with Crippen molar-refractivity contribution in [2.24, 2.45) is 5.10 Å². The van der Waals surface area contributed by atoms with E-state index in [2.05, 4.69) is 5.10 Å². The molecule has 1 unspecified atom stereocenters. The van der Waals surface area contributed by atoms with Gasteiger partial charge in [0.05, 0.1) is 0 Å². The van der Waals surface area contributed by atoms with Gasteiger partial charge in [-0.1, -0.05) is 13.0 Å². The summed E-state index contributed by atoms with van der Waals surface area (Å²) < 4.78 is 52.3. The van der Waals surface area contributed by atoms with E-state index in [9.17, 15) is 27.5 Å². The van der Waals surface area contributed by atoms with Crippen molar-refractivity contribution in [3.8, 4) is 0 Å². The molecule has 2 rings (SSSR count). The first-order valence-corrected chi connectivity index (χ1v) is 6.14. The van der Waals surface area contributed by atoms with Crippen LogP contribution in [0.15, 0.2) is 29.4 Å². The Morgan fingerprint density at radius 1 is 1.48 bits per heavy atom. The van der Waals surface area contributed by atoms with Crippen molar-refractivity contribution in [3.05, 3.63) is 35.6 Å². The van der Waals surface area contributed by atoms with Crippen LogP contribution in [0.5, 0.6) is 0 Å². The van der Waals surface area contributed by atoms with Gasteiger partial charge in [0.15, 0.2) is 0 Å². The zero-order valence-electron chi connectivity index (χ0n) is 11.0. The highest BCUT2D eigenvalue weighted by atomic mass is 19.4. The van der Waals surface area contributed by atoms with E-state index in [1.54, 1.807) is 6.92 Å². The van der Waals surface area contributed by atoms with E-state index in [0.717, 1.165) is 18.2 Å². The smallest absolute Gasteiger partial charge is 0.362 e. The second-order valence-corrected chi connectivity index (χ2v) is 4.64. The molecule has 1 aliphatic rings. The predicted molar refractivity (Wildman–Crippen MR) is 65.9 cm³/mol. The van der Waals surface area contributed by atoms with Crippen LogP contribution in [-0.2, 0) is 0 Å². The molecular weight excluding hydrogens is 292 g/mol. The first-order chi connectivity index (χ1) is 9.69. The summed E-state index contributed by atoms with van der Waals surface area (Å²) in [6.07, 6.45) is -5.73. The van der Waals surface area contributed by atoms with Crippen molar-refractivity contribution < 1.29 is 27.5 Å². The molecule has 1 aromatic rings. The molecule has 0 aliphatic carbocycles. The summed E-state index contributed by atoms with van der Waals surface area (Å²) >= 11 is 0. The third-order valence-electron chi connectivity index (χ3n) is 3.17. The second kappa shape index (κ2) is 5.10. The molecule has 1 amide bonds. The summed E-state index contributed by atoms with van der Waals surface area (Å²) in [7, 11) is 0. The number of alkyl halides is 3. The van der Waals surface area contributed by atoms with Gasteiger partial charge in [0.25, 0.3) is 11.6 Å². The summed E-state index contributed by atoms with van der Waals surface area (Å²) in [5.74, 6) is -1.98. The zero-order chi connectivity index (χ0) is 15.8. The average Bonchev–Trinajstić information content (AvgIpc) is 2.76. The number of rotatable bonds is 2. The Kier molecular flexibility index (Phi) is 3.75. The highest BCUT2D eigenvalue weighted by Gasteiger charge is 2.63. The number of hydrogen-bond acceptors (Lipinski definition) is 3. The van der Waals surface area contributed by atoms with Gasteiger partial charge in [-0.05, 0) is 24.6 Å². The Balaban J connectivity index is 2.43. The van der Waals surface area contributed by atoms with Crippen molar-refractivity contribution in [1.29, 1.82) is 0 Å². The van der Waals surface area contributed by atoms with Gasteiger partial charge >= 0.3 is 6.18 Å². The van der Waals surface area contributed by atoms with E-state index in [0.29, 0.717) is 0 Å². The number of carbonyl (C=O) groups excluding carboxylic acids is 1. The van der Waals surface area contributed by atoms with Crippen LogP contribution in [0.2, 0.25) is 0 Å². The molecule has 114 valence electrons. The Labute approximate surface area is 117 Å². The van der Waals surface area contributed by atoms with E-state index >= 15 is 0 Å². The molecule has 21 heavy (non-hydrogen) atoms. The fourth-order valence-corrected chi connectivity index (χ4v) is 1.99. The number of carbonyl (C=O) groups is 1. The van der Waals surface area contributed by atoms with Gasteiger partial charge in [-0.2, -0.15) is 23.3 Å². The van der Waals surface area contributed by atoms with Crippen molar-refractivity contribution in [2.45, 2.75) is 31.7 Å². The van der Waals surface area contributed by atoms with E-state index in [1.807, 2.05) is 0 Å². The maximum atomic E-state index is 13.1. The minimum Gasteiger partial charge on any atom is -0.362 e. The molecule has 0 aromatic heterocycles. The monoisotopic (exact) mass is 304 g/mol. The molecule has 0 spiro atoms. The fourth-order valence-electron chi connectivity index (χ4n) is 1.99. The quantitative estimate of drug-likeness (QED) is 0.854. The largest absolute Gasteiger partial charge is 0.438 e. The van der Waals surface area contributed by atoms with Gasteiger partial charge in [-0.15, -0.1) is 0 Å². The molecule has 0 saturated carbocycles. The minimum atomic E-state index is -5.07. The fraction of sp³-hybridized carbons (Fsp3) is 0.385. The number of hydrazone groups is 1. The van der Waals surface area contributed by atoms with E-state index in [1.165, 1.54) is 6.07 Å². The number of hydrogen-bond donors (Lipinski definition) is 1. The number of benzene rings is 1. The number of aliphatic hydroxyl groups is 1. The molecule has 0 fully saturated rings. The Hall–Kier alpha value is -1.96. The molecule has 4 nitrogen and oxygen atoms in total. The summed E-state index contributed by atoms with van der Waals surface area (Å²) in [5.41, 5.74) is -3.68. The summed E-state index contributed by atoms with van der Waals surface area (Å²) in [6.45, 7) is 1.56. The van der Waals surface area contributed by atoms with E-state index in [-0.39, 0.29) is 22.7 Å². The molecule has 1 atom stereocenters. The third kappa shape index (κ3) is 2.63.